The molecule has 1 heterocycles. The Labute approximate surface area is 140 Å². The van der Waals surface area contributed by atoms with Gasteiger partial charge in [0.15, 0.2) is 0 Å². The van der Waals surface area contributed by atoms with Crippen LogP contribution in [-0.2, 0) is 9.53 Å². The highest BCUT2D eigenvalue weighted by Crippen LogP contribution is 2.26. The molecule has 0 radical (unpaired) electrons. The smallest absolute Gasteiger partial charge is 0.432 e. The summed E-state index contributed by atoms with van der Waals surface area (Å²) in [4.78, 5) is 24.5. The summed E-state index contributed by atoms with van der Waals surface area (Å²) in [7, 11) is 1.71. The van der Waals surface area contributed by atoms with E-state index in [0.717, 1.165) is 16.1 Å². The third-order valence-electron chi connectivity index (χ3n) is 3.92. The monoisotopic (exact) mass is 322 g/mol. The summed E-state index contributed by atoms with van der Waals surface area (Å²) in [6, 6.07) is 18.9. The van der Waals surface area contributed by atoms with Gasteiger partial charge in [0.05, 0.1) is 6.04 Å². The van der Waals surface area contributed by atoms with Crippen molar-refractivity contribution in [1.82, 2.24) is 10.0 Å². The first-order chi connectivity index (χ1) is 11.7. The lowest BCUT2D eigenvalue weighted by atomic mass is 10.1. The fraction of sp³-hybridized carbons (Fsp3) is 0.158. The Morgan fingerprint density at radius 3 is 2.38 bits per heavy atom. The number of ether oxygens (including phenoxy) is 1. The van der Waals surface area contributed by atoms with Crippen LogP contribution >= 0.6 is 0 Å². The molecule has 0 unspecified atom stereocenters. The third kappa shape index (κ3) is 3.36. The first kappa shape index (κ1) is 16.0. The van der Waals surface area contributed by atoms with Gasteiger partial charge in [0.1, 0.15) is 6.61 Å². The molecule has 5 nitrogen and oxygen atoms in total. The minimum Gasteiger partial charge on any atom is -0.446 e. The van der Waals surface area contributed by atoms with Gasteiger partial charge in [-0.1, -0.05) is 60.7 Å². The Morgan fingerprint density at radius 1 is 1.08 bits per heavy atom. The topological polar surface area (TPSA) is 49.9 Å². The van der Waals surface area contributed by atoms with Crippen molar-refractivity contribution in [2.45, 2.75) is 6.04 Å². The largest absolute Gasteiger partial charge is 0.446 e. The Bertz CT molecular complexity index is 744. The second-order valence-corrected chi connectivity index (χ2v) is 5.47. The highest BCUT2D eigenvalue weighted by Gasteiger charge is 2.36. The molecule has 0 spiro atoms. The van der Waals surface area contributed by atoms with E-state index in [1.165, 1.54) is 6.08 Å². The van der Waals surface area contributed by atoms with Gasteiger partial charge in [0.2, 0.25) is 0 Å². The fourth-order valence-electron chi connectivity index (χ4n) is 2.62. The zero-order chi connectivity index (χ0) is 16.9. The summed E-state index contributed by atoms with van der Waals surface area (Å²) in [6.45, 7) is 0.214. The van der Waals surface area contributed by atoms with Gasteiger partial charge in [-0.15, -0.1) is 0 Å². The number of hydrazine groups is 1. The molecule has 1 aliphatic heterocycles. The first-order valence-electron chi connectivity index (χ1n) is 7.68. The van der Waals surface area contributed by atoms with Gasteiger partial charge in [0, 0.05) is 13.1 Å². The molecule has 0 saturated carbocycles. The van der Waals surface area contributed by atoms with Crippen LogP contribution in [0.1, 0.15) is 17.2 Å². The number of amides is 2. The highest BCUT2D eigenvalue weighted by atomic mass is 16.6. The molecule has 122 valence electrons. The number of benzene rings is 2. The molecule has 3 rings (SSSR count). The molecule has 2 aromatic carbocycles. The van der Waals surface area contributed by atoms with Crippen LogP contribution in [0.15, 0.2) is 66.7 Å². The normalized spacial score (nSPS) is 18.6. The van der Waals surface area contributed by atoms with E-state index in [0.29, 0.717) is 0 Å². The molecule has 24 heavy (non-hydrogen) atoms. The summed E-state index contributed by atoms with van der Waals surface area (Å²) in [5, 5.41) is 2.65. The van der Waals surface area contributed by atoms with Gasteiger partial charge in [-0.25, -0.2) is 9.80 Å². The molecular weight excluding hydrogens is 304 g/mol. The standard InChI is InChI=1S/C19H18N2O3/c1-20-17(16-10-6-3-7-11-16)14-24-19(23)21(20)18(22)13-12-15-8-4-2-5-9-15/h2-13,17H,14H2,1H3/b13-12+/t17-/m0/s1. The van der Waals surface area contributed by atoms with Crippen molar-refractivity contribution in [2.75, 3.05) is 13.7 Å². The van der Waals surface area contributed by atoms with Gasteiger partial charge < -0.3 is 4.74 Å². The maximum absolute atomic E-state index is 12.5. The molecule has 1 saturated heterocycles. The fourth-order valence-corrected chi connectivity index (χ4v) is 2.62. The highest BCUT2D eigenvalue weighted by molar-refractivity contribution is 6.00. The molecule has 0 N–H and O–H groups in total. The molecule has 1 aliphatic rings. The summed E-state index contributed by atoms with van der Waals surface area (Å²) in [5.74, 6) is -0.438. The second-order valence-electron chi connectivity index (χ2n) is 5.47. The summed E-state index contributed by atoms with van der Waals surface area (Å²) in [6.07, 6.45) is 2.39. The van der Waals surface area contributed by atoms with Gasteiger partial charge >= 0.3 is 6.09 Å². The molecule has 1 fully saturated rings. The van der Waals surface area contributed by atoms with E-state index < -0.39 is 12.0 Å². The van der Waals surface area contributed by atoms with Crippen molar-refractivity contribution >= 4 is 18.1 Å². The lowest BCUT2D eigenvalue weighted by Crippen LogP contribution is -2.54. The Balaban J connectivity index is 1.79. The van der Waals surface area contributed by atoms with E-state index in [1.54, 1.807) is 18.1 Å². The number of carbonyl (C=O) groups excluding carboxylic acids is 2. The van der Waals surface area contributed by atoms with Crippen LogP contribution in [0.3, 0.4) is 0 Å². The van der Waals surface area contributed by atoms with Crippen LogP contribution in [0.4, 0.5) is 4.79 Å². The Kier molecular flexibility index (Phi) is 4.72. The van der Waals surface area contributed by atoms with Crippen LogP contribution in [-0.4, -0.2) is 35.7 Å². The predicted octanol–water partition coefficient (Wildman–Crippen LogP) is 3.27. The molecule has 1 atom stereocenters. The van der Waals surface area contributed by atoms with Crippen LogP contribution in [0, 0.1) is 0 Å². The van der Waals surface area contributed by atoms with E-state index >= 15 is 0 Å². The maximum Gasteiger partial charge on any atom is 0.432 e. The molecule has 0 aliphatic carbocycles. The molecule has 0 bridgehead atoms. The quantitative estimate of drug-likeness (QED) is 0.814. The molecule has 5 heteroatoms. The lowest BCUT2D eigenvalue weighted by Gasteiger charge is -2.39. The maximum atomic E-state index is 12.5. The zero-order valence-electron chi connectivity index (χ0n) is 13.3. The number of carbonyl (C=O) groups is 2. The number of likely N-dealkylation sites (N-methyl/N-ethyl adjacent to an activating group) is 1. The molecule has 2 aromatic rings. The number of hydrogen-bond donors (Lipinski definition) is 0. The average molecular weight is 322 g/mol. The van der Waals surface area contributed by atoms with Crippen LogP contribution in [0.25, 0.3) is 6.08 Å². The average Bonchev–Trinajstić information content (AvgIpc) is 2.62. The van der Waals surface area contributed by atoms with E-state index in [1.807, 2.05) is 60.7 Å². The van der Waals surface area contributed by atoms with Crippen LogP contribution in [0.2, 0.25) is 0 Å². The lowest BCUT2D eigenvalue weighted by molar-refractivity contribution is -0.149. The number of rotatable bonds is 3. The molecular formula is C19H18N2O3. The summed E-state index contributed by atoms with van der Waals surface area (Å²) >= 11 is 0. The van der Waals surface area contributed by atoms with Crippen LogP contribution < -0.4 is 0 Å². The van der Waals surface area contributed by atoms with Crippen molar-refractivity contribution in [1.29, 1.82) is 0 Å². The van der Waals surface area contributed by atoms with Gasteiger partial charge in [-0.2, -0.15) is 5.01 Å². The van der Waals surface area contributed by atoms with Gasteiger partial charge in [-0.3, -0.25) is 4.79 Å². The van der Waals surface area contributed by atoms with Crippen molar-refractivity contribution in [2.24, 2.45) is 0 Å². The van der Waals surface area contributed by atoms with Gasteiger partial charge in [-0.05, 0) is 17.2 Å². The molecule has 2 amide bonds. The minimum absolute atomic E-state index is 0.196. The van der Waals surface area contributed by atoms with Crippen molar-refractivity contribution in [3.05, 3.63) is 77.9 Å². The van der Waals surface area contributed by atoms with E-state index in [9.17, 15) is 9.59 Å². The number of cyclic esters (lactones) is 1. The number of imide groups is 1. The third-order valence-corrected chi connectivity index (χ3v) is 3.92. The summed E-state index contributed by atoms with van der Waals surface area (Å²) < 4.78 is 5.19. The Hall–Kier alpha value is -2.92. The van der Waals surface area contributed by atoms with Gasteiger partial charge in [0.25, 0.3) is 5.91 Å². The van der Waals surface area contributed by atoms with Crippen LogP contribution in [0.5, 0.6) is 0 Å². The van der Waals surface area contributed by atoms with E-state index in [4.69, 9.17) is 4.74 Å². The second kappa shape index (κ2) is 7.10. The SMILES string of the molecule is CN1[C@H](c2ccccc2)COC(=O)N1C(=O)/C=C/c1ccccc1. The number of nitrogens with zero attached hydrogens (tertiary/aromatic N) is 2. The Morgan fingerprint density at radius 2 is 1.71 bits per heavy atom. The van der Waals surface area contributed by atoms with Crippen molar-refractivity contribution < 1.29 is 14.3 Å². The molecule has 0 aromatic heterocycles. The first-order valence-corrected chi connectivity index (χ1v) is 7.68. The zero-order valence-corrected chi connectivity index (χ0v) is 13.3. The van der Waals surface area contributed by atoms with Crippen molar-refractivity contribution in [3.63, 3.8) is 0 Å². The predicted molar refractivity (Wildman–Crippen MR) is 90.6 cm³/mol. The summed E-state index contributed by atoms with van der Waals surface area (Å²) in [5.41, 5.74) is 1.87. The van der Waals surface area contributed by atoms with Crippen molar-refractivity contribution in [3.8, 4) is 0 Å². The van der Waals surface area contributed by atoms with E-state index in [-0.39, 0.29) is 12.6 Å². The van der Waals surface area contributed by atoms with E-state index in [2.05, 4.69) is 0 Å². The number of hydrogen-bond acceptors (Lipinski definition) is 4. The minimum atomic E-state index is -0.660.